The Bertz CT molecular complexity index is 2730. The number of aliphatic imine (C=N–C) groups is 1. The Morgan fingerprint density at radius 2 is 1.04 bits per heavy atom. The fourth-order valence-corrected chi connectivity index (χ4v) is 8.07. The molecule has 266 valence electrons. The number of pyridine rings is 1. The quantitative estimate of drug-likeness (QED) is 0.172. The minimum absolute atomic E-state index is 0.342. The van der Waals surface area contributed by atoms with Crippen LogP contribution in [0.3, 0.4) is 0 Å². The Kier molecular flexibility index (Phi) is 8.77. The van der Waals surface area contributed by atoms with E-state index in [0.717, 1.165) is 92.0 Å². The normalized spacial score (nSPS) is 14.7. The zero-order valence-electron chi connectivity index (χ0n) is 30.9. The summed E-state index contributed by atoms with van der Waals surface area (Å²) in [6, 6.07) is 57.4. The fourth-order valence-electron chi connectivity index (χ4n) is 8.07. The van der Waals surface area contributed by atoms with Gasteiger partial charge < -0.3 is 0 Å². The van der Waals surface area contributed by atoms with E-state index in [1.165, 1.54) is 16.7 Å². The van der Waals surface area contributed by atoms with Gasteiger partial charge in [0.2, 0.25) is 0 Å². The Balaban J connectivity index is 1.13. The molecule has 0 bridgehead atoms. The maximum Gasteiger partial charge on any atom is 0.160 e. The van der Waals surface area contributed by atoms with Gasteiger partial charge in [-0.05, 0) is 77.9 Å². The van der Waals surface area contributed by atoms with Gasteiger partial charge in [-0.15, -0.1) is 0 Å². The number of para-hydroxylation sites is 1. The van der Waals surface area contributed by atoms with Crippen molar-refractivity contribution >= 4 is 22.3 Å². The molecule has 0 saturated heterocycles. The van der Waals surface area contributed by atoms with Gasteiger partial charge in [0, 0.05) is 44.8 Å². The predicted octanol–water partition coefficient (Wildman–Crippen LogP) is 13.2. The molecule has 1 aliphatic carbocycles. The molecule has 1 aliphatic heterocycles. The third-order valence-corrected chi connectivity index (χ3v) is 10.9. The van der Waals surface area contributed by atoms with Crippen LogP contribution in [-0.4, -0.2) is 20.7 Å². The van der Waals surface area contributed by atoms with Crippen LogP contribution in [0.2, 0.25) is 0 Å². The van der Waals surface area contributed by atoms with Crippen LogP contribution < -0.4 is 0 Å². The summed E-state index contributed by atoms with van der Waals surface area (Å²) in [6.45, 7) is 0. The molecule has 56 heavy (non-hydrogen) atoms. The Morgan fingerprint density at radius 1 is 0.464 bits per heavy atom. The molecule has 4 nitrogen and oxygen atoms in total. The van der Waals surface area contributed by atoms with Crippen LogP contribution >= 0.6 is 0 Å². The number of nitrogens with zero attached hydrogens (tertiary/aromatic N) is 4. The highest BCUT2D eigenvalue weighted by molar-refractivity contribution is 6.06. The molecule has 2 aliphatic rings. The van der Waals surface area contributed by atoms with Crippen LogP contribution in [-0.2, 0) is 6.42 Å². The topological polar surface area (TPSA) is 51.0 Å². The lowest BCUT2D eigenvalue weighted by molar-refractivity contribution is 0.624. The largest absolute Gasteiger partial charge is 0.252 e. The molecule has 3 heterocycles. The van der Waals surface area contributed by atoms with Crippen LogP contribution in [0.25, 0.3) is 78.3 Å². The molecule has 10 rings (SSSR count). The minimum atomic E-state index is 0.342. The summed E-state index contributed by atoms with van der Waals surface area (Å²) in [6.07, 6.45) is 11.7. The summed E-state index contributed by atoms with van der Waals surface area (Å²) in [7, 11) is 0. The molecule has 0 fully saturated rings. The van der Waals surface area contributed by atoms with Gasteiger partial charge in [-0.2, -0.15) is 0 Å². The number of fused-ring (bicyclic) bond motifs is 4. The summed E-state index contributed by atoms with van der Waals surface area (Å²) in [5.41, 5.74) is 15.7. The molecule has 4 heteroatoms. The second kappa shape index (κ2) is 14.7. The van der Waals surface area contributed by atoms with Crippen molar-refractivity contribution < 1.29 is 0 Å². The van der Waals surface area contributed by atoms with Crippen LogP contribution in [0, 0.1) is 5.92 Å². The number of hydrogen-bond acceptors (Lipinski definition) is 4. The monoisotopic (exact) mass is 718 g/mol. The summed E-state index contributed by atoms with van der Waals surface area (Å²) < 4.78 is 0. The van der Waals surface area contributed by atoms with E-state index in [9.17, 15) is 0 Å². The molecule has 2 aromatic heterocycles. The molecule has 6 aromatic carbocycles. The molecule has 0 spiro atoms. The Hall–Kier alpha value is -7.04. The van der Waals surface area contributed by atoms with Crippen LogP contribution in [0.5, 0.6) is 0 Å². The smallest absolute Gasteiger partial charge is 0.160 e. The maximum absolute atomic E-state index is 5.34. The van der Waals surface area contributed by atoms with Gasteiger partial charge >= 0.3 is 0 Å². The summed E-state index contributed by atoms with van der Waals surface area (Å²) in [5, 5.41) is 1.09. The lowest BCUT2D eigenvalue weighted by Gasteiger charge is -2.26. The van der Waals surface area contributed by atoms with E-state index in [4.69, 9.17) is 19.9 Å². The highest BCUT2D eigenvalue weighted by atomic mass is 14.9. The second-order valence-corrected chi connectivity index (χ2v) is 14.5. The molecular formula is C52H38N4. The second-order valence-electron chi connectivity index (χ2n) is 14.5. The van der Waals surface area contributed by atoms with Gasteiger partial charge in [-0.3, -0.25) is 4.99 Å². The number of allylic oxidation sites excluding steroid dienone is 4. The number of benzene rings is 6. The molecule has 0 N–H and O–H groups in total. The van der Waals surface area contributed by atoms with Crippen molar-refractivity contribution in [1.29, 1.82) is 0 Å². The number of aromatic nitrogens is 3. The van der Waals surface area contributed by atoms with E-state index in [-0.39, 0.29) is 0 Å². The van der Waals surface area contributed by atoms with E-state index in [2.05, 4.69) is 188 Å². The fraction of sp³-hybridized carbons (Fsp3) is 0.0769. The molecule has 1 atom stereocenters. The van der Waals surface area contributed by atoms with E-state index >= 15 is 0 Å². The highest BCUT2D eigenvalue weighted by Gasteiger charge is 2.27. The van der Waals surface area contributed by atoms with Crippen molar-refractivity contribution in [2.45, 2.75) is 19.3 Å². The Morgan fingerprint density at radius 3 is 1.73 bits per heavy atom. The van der Waals surface area contributed by atoms with Crippen LogP contribution in [0.1, 0.15) is 18.4 Å². The van der Waals surface area contributed by atoms with Gasteiger partial charge in [-0.25, -0.2) is 15.0 Å². The molecule has 0 amide bonds. The lowest BCUT2D eigenvalue weighted by Crippen LogP contribution is -2.20. The first-order chi connectivity index (χ1) is 27.7. The number of hydrogen-bond donors (Lipinski definition) is 0. The van der Waals surface area contributed by atoms with Gasteiger partial charge in [0.25, 0.3) is 0 Å². The molecular weight excluding hydrogens is 681 g/mol. The van der Waals surface area contributed by atoms with Crippen LogP contribution in [0.4, 0.5) is 5.69 Å². The summed E-state index contributed by atoms with van der Waals surface area (Å²) in [4.78, 5) is 21.3. The van der Waals surface area contributed by atoms with Gasteiger partial charge in [0.05, 0.1) is 28.3 Å². The predicted molar refractivity (Wildman–Crippen MR) is 232 cm³/mol. The first-order valence-electron chi connectivity index (χ1n) is 19.4. The van der Waals surface area contributed by atoms with E-state index in [1.807, 2.05) is 0 Å². The minimum Gasteiger partial charge on any atom is -0.252 e. The van der Waals surface area contributed by atoms with Crippen LogP contribution in [0.15, 0.2) is 193 Å². The van der Waals surface area contributed by atoms with Crippen molar-refractivity contribution in [2.75, 3.05) is 0 Å². The van der Waals surface area contributed by atoms with E-state index in [1.54, 1.807) is 0 Å². The maximum atomic E-state index is 5.34. The molecule has 0 saturated carbocycles. The molecule has 8 aromatic rings. The highest BCUT2D eigenvalue weighted by Crippen LogP contribution is 2.42. The molecule has 1 unspecified atom stereocenters. The Labute approximate surface area is 327 Å². The zero-order chi connectivity index (χ0) is 37.3. The van der Waals surface area contributed by atoms with E-state index < -0.39 is 0 Å². The van der Waals surface area contributed by atoms with Crippen molar-refractivity contribution in [1.82, 2.24) is 15.0 Å². The zero-order valence-corrected chi connectivity index (χ0v) is 30.9. The number of rotatable bonds is 6. The van der Waals surface area contributed by atoms with Crippen molar-refractivity contribution in [2.24, 2.45) is 10.9 Å². The third-order valence-electron chi connectivity index (χ3n) is 10.9. The SMILES string of the molecule is C1=CCCC2Cc3c(-c4cccc(-c5nc(-c6cccc(-c7ccccc7)c6)cc(-c6cccc(-c7ccccc7)c6)n5)c4)nc4ccccc4c3N=C2C=C1. The van der Waals surface area contributed by atoms with Crippen molar-refractivity contribution in [3.63, 3.8) is 0 Å². The van der Waals surface area contributed by atoms with E-state index in [0.29, 0.717) is 11.7 Å². The first-order valence-corrected chi connectivity index (χ1v) is 19.4. The lowest BCUT2D eigenvalue weighted by atomic mass is 9.83. The van der Waals surface area contributed by atoms with Crippen molar-refractivity contribution in [3.8, 4) is 67.4 Å². The summed E-state index contributed by atoms with van der Waals surface area (Å²) >= 11 is 0. The van der Waals surface area contributed by atoms with Crippen molar-refractivity contribution in [3.05, 3.63) is 194 Å². The standard InChI is InChI=1S/C52H38N4/c1-2-10-28-46-41(20-5-1)33-45-50(54-47-29-12-11-27-44(47)51(45)53-46)42-25-15-26-43(32-42)52-55-48(39-23-13-21-37(30-39)35-16-6-3-7-17-35)34-49(56-52)40-24-14-22-38(31-40)36-18-8-4-9-19-36/h1-4,6-19,21-32,34,41H,5,20,33H2. The first kappa shape index (κ1) is 33.5. The van der Waals surface area contributed by atoms with Gasteiger partial charge in [-0.1, -0.05) is 152 Å². The average Bonchev–Trinajstić information content (AvgIpc) is 3.26. The average molecular weight is 719 g/mol. The molecule has 0 radical (unpaired) electrons. The summed E-state index contributed by atoms with van der Waals surface area (Å²) in [5.74, 6) is 1.01. The third kappa shape index (κ3) is 6.56. The van der Waals surface area contributed by atoms with Gasteiger partial charge in [0.1, 0.15) is 0 Å². The van der Waals surface area contributed by atoms with Gasteiger partial charge in [0.15, 0.2) is 5.82 Å².